The van der Waals surface area contributed by atoms with Crippen LogP contribution >= 0.6 is 0 Å². The Labute approximate surface area is 119 Å². The zero-order valence-corrected chi connectivity index (χ0v) is 12.6. The van der Waals surface area contributed by atoms with Crippen LogP contribution < -0.4 is 15.8 Å². The van der Waals surface area contributed by atoms with Gasteiger partial charge in [0, 0.05) is 11.8 Å². The Balaban J connectivity index is 2.73. The maximum Gasteiger partial charge on any atom is 0.272 e. The third kappa shape index (κ3) is 2.62. The number of aromatic nitrogens is 2. The summed E-state index contributed by atoms with van der Waals surface area (Å²) >= 11 is 0. The van der Waals surface area contributed by atoms with Crippen LogP contribution in [0.3, 0.4) is 0 Å². The molecule has 0 saturated carbocycles. The maximum atomic E-state index is 11.9. The number of rotatable bonds is 2. The van der Waals surface area contributed by atoms with E-state index in [2.05, 4.69) is 31.0 Å². The van der Waals surface area contributed by atoms with Crippen LogP contribution in [0.25, 0.3) is 11.1 Å². The van der Waals surface area contributed by atoms with E-state index in [0.29, 0.717) is 5.56 Å². The van der Waals surface area contributed by atoms with E-state index in [-0.39, 0.29) is 11.0 Å². The van der Waals surface area contributed by atoms with Gasteiger partial charge in [-0.15, -0.1) is 0 Å². The van der Waals surface area contributed by atoms with Gasteiger partial charge in [-0.1, -0.05) is 26.8 Å². The molecule has 0 aliphatic carbocycles. The summed E-state index contributed by atoms with van der Waals surface area (Å²) < 4.78 is 5.53. The lowest BCUT2D eigenvalue weighted by Gasteiger charge is -2.24. The van der Waals surface area contributed by atoms with Crippen LogP contribution in [0.1, 0.15) is 26.3 Å². The van der Waals surface area contributed by atoms with Gasteiger partial charge < -0.3 is 4.74 Å². The zero-order valence-electron chi connectivity index (χ0n) is 12.6. The number of H-pyrrole nitrogens is 1. The van der Waals surface area contributed by atoms with Gasteiger partial charge in [0.2, 0.25) is 0 Å². The molecule has 1 heterocycles. The number of hydrogen-bond acceptors (Lipinski definition) is 3. The molecule has 1 N–H and O–H groups in total. The zero-order chi connectivity index (χ0) is 14.9. The average molecular weight is 270 g/mol. The molecule has 1 aromatic carbocycles. The van der Waals surface area contributed by atoms with E-state index in [1.54, 1.807) is 19.4 Å². The van der Waals surface area contributed by atoms with Crippen LogP contribution in [0.4, 0.5) is 0 Å². The van der Waals surface area contributed by atoms with E-state index in [1.807, 2.05) is 20.0 Å². The standard InChI is InChI=1S/C15H19BN2O2/c1-15(2,3)11-7-9(8-12(16)13(11)20-4)10-5-6-17-18-14(10)19/h5-8H,16H2,1-4H3,(H,18,19). The number of nitrogens with zero attached hydrogens (tertiary/aromatic N) is 1. The molecule has 20 heavy (non-hydrogen) atoms. The van der Waals surface area contributed by atoms with Gasteiger partial charge in [0.15, 0.2) is 0 Å². The fourth-order valence-corrected chi connectivity index (χ4v) is 2.33. The summed E-state index contributed by atoms with van der Waals surface area (Å²) in [6.45, 7) is 6.39. The van der Waals surface area contributed by atoms with Crippen molar-refractivity contribution in [2.45, 2.75) is 26.2 Å². The number of aromatic amines is 1. The molecule has 0 unspecified atom stereocenters. The smallest absolute Gasteiger partial charge is 0.272 e. The molecule has 5 heteroatoms. The number of ether oxygens (including phenoxy) is 1. The molecule has 0 amide bonds. The molecule has 2 rings (SSSR count). The average Bonchev–Trinajstić information content (AvgIpc) is 2.37. The number of methoxy groups -OCH3 is 1. The minimum atomic E-state index is -0.183. The van der Waals surface area contributed by atoms with Gasteiger partial charge in [0.05, 0.1) is 7.11 Å². The second-order valence-electron chi connectivity index (χ2n) is 5.92. The van der Waals surface area contributed by atoms with E-state index in [4.69, 9.17) is 4.74 Å². The summed E-state index contributed by atoms with van der Waals surface area (Å²) in [7, 11) is 3.67. The van der Waals surface area contributed by atoms with E-state index in [9.17, 15) is 4.79 Å². The first kappa shape index (κ1) is 14.4. The minimum Gasteiger partial charge on any atom is -0.497 e. The van der Waals surface area contributed by atoms with Crippen molar-refractivity contribution in [1.29, 1.82) is 0 Å². The highest BCUT2D eigenvalue weighted by Crippen LogP contribution is 2.32. The van der Waals surface area contributed by atoms with Crippen LogP contribution in [0, 0.1) is 0 Å². The summed E-state index contributed by atoms with van der Waals surface area (Å²) in [5, 5.41) is 6.20. The number of nitrogens with one attached hydrogen (secondary N) is 1. The highest BCUT2D eigenvalue weighted by molar-refractivity contribution is 6.34. The molecule has 0 atom stereocenters. The van der Waals surface area contributed by atoms with Crippen LogP contribution in [-0.4, -0.2) is 25.2 Å². The molecular weight excluding hydrogens is 251 g/mol. The van der Waals surface area contributed by atoms with Crippen LogP contribution in [0.2, 0.25) is 0 Å². The Morgan fingerprint density at radius 3 is 2.55 bits per heavy atom. The van der Waals surface area contributed by atoms with Gasteiger partial charge in [-0.05, 0) is 34.1 Å². The normalized spacial score (nSPS) is 11.4. The van der Waals surface area contributed by atoms with E-state index < -0.39 is 0 Å². The fraction of sp³-hybridized carbons (Fsp3) is 0.333. The first-order valence-electron chi connectivity index (χ1n) is 6.58. The second kappa shape index (κ2) is 5.15. The molecule has 1 aromatic heterocycles. The third-order valence-corrected chi connectivity index (χ3v) is 3.32. The minimum absolute atomic E-state index is 0.0636. The van der Waals surface area contributed by atoms with E-state index >= 15 is 0 Å². The lowest BCUT2D eigenvalue weighted by Crippen LogP contribution is -2.20. The van der Waals surface area contributed by atoms with Crippen LogP contribution in [-0.2, 0) is 5.41 Å². The molecule has 0 bridgehead atoms. The predicted molar refractivity (Wildman–Crippen MR) is 83.7 cm³/mol. The summed E-state index contributed by atoms with van der Waals surface area (Å²) in [4.78, 5) is 11.9. The lowest BCUT2D eigenvalue weighted by molar-refractivity contribution is 0.401. The van der Waals surface area contributed by atoms with Crippen molar-refractivity contribution >= 4 is 13.3 Å². The highest BCUT2D eigenvalue weighted by Gasteiger charge is 2.21. The molecule has 0 fully saturated rings. The van der Waals surface area contributed by atoms with Crippen molar-refractivity contribution in [3.05, 3.63) is 40.3 Å². The van der Waals surface area contributed by atoms with Gasteiger partial charge in [0.1, 0.15) is 13.6 Å². The topological polar surface area (TPSA) is 55.0 Å². The summed E-state index contributed by atoms with van der Waals surface area (Å²) in [6.07, 6.45) is 1.59. The van der Waals surface area contributed by atoms with Crippen molar-refractivity contribution in [3.8, 4) is 16.9 Å². The first-order valence-corrected chi connectivity index (χ1v) is 6.58. The van der Waals surface area contributed by atoms with Gasteiger partial charge in [0.25, 0.3) is 5.56 Å². The van der Waals surface area contributed by atoms with Gasteiger partial charge in [-0.2, -0.15) is 5.10 Å². The first-order chi connectivity index (χ1) is 9.34. The predicted octanol–water partition coefficient (Wildman–Crippen LogP) is 1.00. The summed E-state index contributed by atoms with van der Waals surface area (Å²) in [5.41, 5.74) is 3.37. The Morgan fingerprint density at radius 1 is 1.30 bits per heavy atom. The molecule has 0 radical (unpaired) electrons. The highest BCUT2D eigenvalue weighted by atomic mass is 16.5. The molecule has 0 saturated heterocycles. The van der Waals surface area contributed by atoms with E-state index in [0.717, 1.165) is 22.3 Å². The third-order valence-electron chi connectivity index (χ3n) is 3.32. The lowest BCUT2D eigenvalue weighted by atomic mass is 9.79. The molecule has 2 aromatic rings. The SMILES string of the molecule is Bc1cc(-c2ccn[nH]c2=O)cc(C(C)(C)C)c1OC. The second-order valence-corrected chi connectivity index (χ2v) is 5.92. The summed E-state index contributed by atoms with van der Waals surface area (Å²) in [5.74, 6) is 0.881. The van der Waals surface area contributed by atoms with Crippen molar-refractivity contribution in [2.24, 2.45) is 0 Å². The molecule has 0 aliphatic heterocycles. The van der Waals surface area contributed by atoms with E-state index in [1.165, 1.54) is 0 Å². The van der Waals surface area contributed by atoms with Crippen molar-refractivity contribution in [3.63, 3.8) is 0 Å². The van der Waals surface area contributed by atoms with Crippen molar-refractivity contribution in [2.75, 3.05) is 7.11 Å². The largest absolute Gasteiger partial charge is 0.497 e. The van der Waals surface area contributed by atoms with Gasteiger partial charge in [-0.3, -0.25) is 4.79 Å². The molecular formula is C15H19BN2O2. The van der Waals surface area contributed by atoms with Crippen molar-refractivity contribution < 1.29 is 4.74 Å². The Morgan fingerprint density at radius 2 is 2.00 bits per heavy atom. The van der Waals surface area contributed by atoms with Gasteiger partial charge >= 0.3 is 0 Å². The molecule has 0 aliphatic rings. The fourth-order valence-electron chi connectivity index (χ4n) is 2.33. The quantitative estimate of drug-likeness (QED) is 0.828. The Hall–Kier alpha value is -2.04. The monoisotopic (exact) mass is 270 g/mol. The molecule has 104 valence electrons. The summed E-state index contributed by atoms with van der Waals surface area (Å²) in [6, 6.07) is 5.72. The van der Waals surface area contributed by atoms with Gasteiger partial charge in [-0.25, -0.2) is 5.10 Å². The maximum absolute atomic E-state index is 11.9. The van der Waals surface area contributed by atoms with Crippen molar-refractivity contribution in [1.82, 2.24) is 10.2 Å². The Kier molecular flexibility index (Phi) is 3.70. The molecule has 4 nitrogen and oxygen atoms in total. The number of hydrogen-bond donors (Lipinski definition) is 1. The van der Waals surface area contributed by atoms with Crippen LogP contribution in [0.15, 0.2) is 29.2 Å². The Bertz CT molecular complexity index is 687. The molecule has 0 spiro atoms. The van der Waals surface area contributed by atoms with Crippen LogP contribution in [0.5, 0.6) is 5.75 Å². The number of benzene rings is 1.